The number of amides is 2. The Balaban J connectivity index is 0.901. The smallest absolute Gasteiger partial charge is 0.373 e. The molecular weight excluding hydrogens is 790 g/mol. The van der Waals surface area contributed by atoms with E-state index < -0.39 is 33.6 Å². The summed E-state index contributed by atoms with van der Waals surface area (Å²) in [4.78, 5) is 47.5. The van der Waals surface area contributed by atoms with Gasteiger partial charge in [-0.2, -0.15) is 18.2 Å². The molecule has 0 bridgehead atoms. The van der Waals surface area contributed by atoms with Crippen LogP contribution in [0.2, 0.25) is 0 Å². The third kappa shape index (κ3) is 10.4. The summed E-state index contributed by atoms with van der Waals surface area (Å²) >= 11 is 0. The number of halogens is 3. The van der Waals surface area contributed by atoms with Crippen molar-refractivity contribution >= 4 is 56.5 Å². The zero-order chi connectivity index (χ0) is 41.7. The Labute approximate surface area is 340 Å². The van der Waals surface area contributed by atoms with Gasteiger partial charge in [-0.1, -0.05) is 18.2 Å². The highest BCUT2D eigenvalue weighted by molar-refractivity contribution is 7.92. The van der Waals surface area contributed by atoms with Gasteiger partial charge in [0, 0.05) is 101 Å². The minimum atomic E-state index is -4.76. The molecule has 2 aromatic carbocycles. The molecule has 1 atom stereocenters. The first kappa shape index (κ1) is 41.6. The van der Waals surface area contributed by atoms with E-state index in [1.807, 2.05) is 42.5 Å². The summed E-state index contributed by atoms with van der Waals surface area (Å²) in [6.07, 6.45) is 2.39. The van der Waals surface area contributed by atoms with E-state index in [4.69, 9.17) is 0 Å². The van der Waals surface area contributed by atoms with Gasteiger partial charge in [0.25, 0.3) is 0 Å². The van der Waals surface area contributed by atoms with Crippen molar-refractivity contribution in [1.82, 2.24) is 35.1 Å². The molecule has 0 radical (unpaired) electrons. The van der Waals surface area contributed by atoms with E-state index in [0.717, 1.165) is 86.2 Å². The van der Waals surface area contributed by atoms with Crippen LogP contribution in [0.1, 0.15) is 42.5 Å². The third-order valence-electron chi connectivity index (χ3n) is 10.9. The van der Waals surface area contributed by atoms with Gasteiger partial charge in [0.2, 0.25) is 27.8 Å². The largest absolute Gasteiger partial charge is 0.421 e. The molecule has 3 fully saturated rings. The monoisotopic (exact) mass is 836 g/mol. The quantitative estimate of drug-likeness (QED) is 0.142. The van der Waals surface area contributed by atoms with E-state index in [2.05, 4.69) is 62.0 Å². The van der Waals surface area contributed by atoms with Gasteiger partial charge < -0.3 is 20.9 Å². The zero-order valence-corrected chi connectivity index (χ0v) is 33.6. The number of hydrogen-bond acceptors (Lipinski definition) is 14. The lowest BCUT2D eigenvalue weighted by molar-refractivity contribution is -0.137. The van der Waals surface area contributed by atoms with Crippen LogP contribution >= 0.6 is 0 Å². The Morgan fingerprint density at radius 2 is 1.63 bits per heavy atom. The summed E-state index contributed by atoms with van der Waals surface area (Å²) < 4.78 is 66.9. The second-order valence-electron chi connectivity index (χ2n) is 14.9. The molecule has 1 unspecified atom stereocenters. The van der Waals surface area contributed by atoms with E-state index in [-0.39, 0.29) is 35.8 Å². The Kier molecular flexibility index (Phi) is 12.5. The molecule has 20 heteroatoms. The SMILES string of the molecule is CN(c1nccnc1CNc1nc(Nc2ccc(N3CCC(N4CCN(Cc5ccccc5NC5CCC(=O)NC5=O)CC4)CC3)cc2)ncc1C(F)(F)F)S(C)(=O)=O. The maximum Gasteiger partial charge on any atom is 0.421 e. The standard InChI is InChI=1S/C39H47F3N12O4S/c1-51(59(2,57)58)36-33(43-15-16-44-36)24-45-35-30(39(40,41)42)23-46-38(50-35)47-27-7-9-28(10-8-27)53-17-13-29(14-18-53)54-21-19-52(20-22-54)25-26-5-3-4-6-31(26)48-32-11-12-34(55)49-37(32)56/h3-10,15-16,23,29,32,48H,11-14,17-22,24-25H2,1-2H3,(H,49,55,56)(H2,45,46,47,50). The van der Waals surface area contributed by atoms with Gasteiger partial charge in [0.05, 0.1) is 12.8 Å². The number of nitrogens with one attached hydrogen (secondary N) is 4. The van der Waals surface area contributed by atoms with Crippen molar-refractivity contribution < 1.29 is 31.2 Å². The minimum absolute atomic E-state index is 0.0237. The lowest BCUT2D eigenvalue weighted by Crippen LogP contribution is -2.53. The first-order chi connectivity index (χ1) is 28.2. The second-order valence-corrected chi connectivity index (χ2v) is 16.9. The highest BCUT2D eigenvalue weighted by atomic mass is 32.2. The molecule has 16 nitrogen and oxygen atoms in total. The Morgan fingerprint density at radius 1 is 0.915 bits per heavy atom. The molecule has 4 aromatic rings. The molecule has 3 saturated heterocycles. The van der Waals surface area contributed by atoms with Crippen LogP contribution in [0.15, 0.2) is 67.1 Å². The summed E-state index contributed by atoms with van der Waals surface area (Å²) in [7, 11) is -2.42. The van der Waals surface area contributed by atoms with Crippen LogP contribution in [0, 0.1) is 0 Å². The number of carbonyl (C=O) groups excluding carboxylic acids is 2. The molecule has 5 heterocycles. The number of para-hydroxylation sites is 1. The van der Waals surface area contributed by atoms with Gasteiger partial charge in [-0.25, -0.2) is 18.4 Å². The average molecular weight is 837 g/mol. The molecule has 0 spiro atoms. The molecule has 59 heavy (non-hydrogen) atoms. The molecule has 7 rings (SSSR count). The van der Waals surface area contributed by atoms with Gasteiger partial charge >= 0.3 is 6.18 Å². The molecule has 0 saturated carbocycles. The summed E-state index contributed by atoms with van der Waals surface area (Å²) in [5, 5.41) is 11.4. The van der Waals surface area contributed by atoms with Crippen LogP contribution < -0.4 is 30.5 Å². The molecule has 0 aliphatic carbocycles. The number of carbonyl (C=O) groups is 2. The average Bonchev–Trinajstić information content (AvgIpc) is 3.21. The number of aromatic nitrogens is 4. The fourth-order valence-electron chi connectivity index (χ4n) is 7.58. The predicted molar refractivity (Wildman–Crippen MR) is 218 cm³/mol. The topological polar surface area (TPSA) is 181 Å². The van der Waals surface area contributed by atoms with E-state index in [9.17, 15) is 31.2 Å². The van der Waals surface area contributed by atoms with Crippen LogP contribution in [0.5, 0.6) is 0 Å². The number of alkyl halides is 3. The number of nitrogens with zero attached hydrogens (tertiary/aromatic N) is 8. The van der Waals surface area contributed by atoms with Crippen molar-refractivity contribution in [2.45, 2.75) is 57.0 Å². The van der Waals surface area contributed by atoms with Crippen LogP contribution in [0.4, 0.5) is 47.8 Å². The highest BCUT2D eigenvalue weighted by Crippen LogP contribution is 2.35. The van der Waals surface area contributed by atoms with E-state index in [0.29, 0.717) is 30.8 Å². The van der Waals surface area contributed by atoms with Crippen molar-refractivity contribution in [2.24, 2.45) is 0 Å². The minimum Gasteiger partial charge on any atom is -0.373 e. The van der Waals surface area contributed by atoms with Crippen LogP contribution in [0.25, 0.3) is 0 Å². The van der Waals surface area contributed by atoms with E-state index in [1.54, 1.807) is 0 Å². The van der Waals surface area contributed by atoms with Crippen LogP contribution in [0.3, 0.4) is 0 Å². The Hall–Kier alpha value is -5.60. The number of imide groups is 1. The van der Waals surface area contributed by atoms with Crippen LogP contribution in [-0.2, 0) is 38.9 Å². The zero-order valence-electron chi connectivity index (χ0n) is 32.7. The lowest BCUT2D eigenvalue weighted by atomic mass is 10.0. The lowest BCUT2D eigenvalue weighted by Gasteiger charge is -2.43. The summed E-state index contributed by atoms with van der Waals surface area (Å²) in [5.41, 5.74) is 2.70. The van der Waals surface area contributed by atoms with Gasteiger partial charge in [0.1, 0.15) is 23.1 Å². The number of benzene rings is 2. The van der Waals surface area contributed by atoms with Crippen molar-refractivity contribution in [3.63, 3.8) is 0 Å². The first-order valence-electron chi connectivity index (χ1n) is 19.4. The van der Waals surface area contributed by atoms with Crippen molar-refractivity contribution in [1.29, 1.82) is 0 Å². The van der Waals surface area contributed by atoms with Gasteiger partial charge in [-0.3, -0.25) is 34.0 Å². The number of piperidine rings is 2. The third-order valence-corrected chi connectivity index (χ3v) is 12.1. The normalized spacial score (nSPS) is 18.7. The summed E-state index contributed by atoms with van der Waals surface area (Å²) in [6, 6.07) is 15.7. The number of hydrogen-bond donors (Lipinski definition) is 4. The van der Waals surface area contributed by atoms with Crippen molar-refractivity contribution in [3.05, 3.63) is 83.9 Å². The molecule has 3 aliphatic heterocycles. The molecule has 314 valence electrons. The van der Waals surface area contributed by atoms with Crippen molar-refractivity contribution in [2.75, 3.05) is 77.7 Å². The fraction of sp³-hybridized carbons (Fsp3) is 0.436. The van der Waals surface area contributed by atoms with Gasteiger partial charge in [-0.15, -0.1) is 0 Å². The molecule has 3 aliphatic rings. The fourth-order valence-corrected chi connectivity index (χ4v) is 8.04. The second kappa shape index (κ2) is 17.7. The van der Waals surface area contributed by atoms with E-state index >= 15 is 0 Å². The molecule has 4 N–H and O–H groups in total. The molecule has 2 amide bonds. The summed E-state index contributed by atoms with van der Waals surface area (Å²) in [5.74, 6) is -1.09. The number of sulfonamides is 1. The first-order valence-corrected chi connectivity index (χ1v) is 21.2. The predicted octanol–water partition coefficient (Wildman–Crippen LogP) is 4.04. The number of piperazine rings is 1. The molecule has 2 aromatic heterocycles. The van der Waals surface area contributed by atoms with Crippen LogP contribution in [-0.4, -0.2) is 115 Å². The highest BCUT2D eigenvalue weighted by Gasteiger charge is 2.36. The Bertz CT molecular complexity index is 2230. The van der Waals surface area contributed by atoms with Crippen molar-refractivity contribution in [3.8, 4) is 0 Å². The van der Waals surface area contributed by atoms with Gasteiger partial charge in [0.15, 0.2) is 5.82 Å². The summed E-state index contributed by atoms with van der Waals surface area (Å²) in [6.45, 7) is 6.09. The number of anilines is 6. The van der Waals surface area contributed by atoms with E-state index in [1.165, 1.54) is 19.4 Å². The maximum absolute atomic E-state index is 13.9. The Morgan fingerprint density at radius 3 is 2.32 bits per heavy atom. The van der Waals surface area contributed by atoms with Gasteiger partial charge in [-0.05, 0) is 55.2 Å². The molecular formula is C39H47F3N12O4S. The number of rotatable bonds is 13. The maximum atomic E-state index is 13.9.